The van der Waals surface area contributed by atoms with Crippen molar-refractivity contribution < 1.29 is 4.39 Å². The van der Waals surface area contributed by atoms with E-state index in [4.69, 9.17) is 0 Å². The van der Waals surface area contributed by atoms with Gasteiger partial charge in [-0.25, -0.2) is 9.37 Å². The summed E-state index contributed by atoms with van der Waals surface area (Å²) in [6, 6.07) is 5.17. The summed E-state index contributed by atoms with van der Waals surface area (Å²) in [6.45, 7) is 3.76. The number of aromatic nitrogens is 2. The van der Waals surface area contributed by atoms with Crippen LogP contribution in [0.5, 0.6) is 0 Å². The monoisotopic (exact) mass is 203 g/mol. The van der Waals surface area contributed by atoms with Gasteiger partial charge in [-0.2, -0.15) is 0 Å². The molecule has 3 heteroatoms. The van der Waals surface area contributed by atoms with Crippen LogP contribution in [-0.4, -0.2) is 9.55 Å². The van der Waals surface area contributed by atoms with Gasteiger partial charge in [0.25, 0.3) is 0 Å². The van der Waals surface area contributed by atoms with Gasteiger partial charge in [-0.3, -0.25) is 0 Å². The van der Waals surface area contributed by atoms with Crippen LogP contribution >= 0.6 is 0 Å². The van der Waals surface area contributed by atoms with E-state index in [9.17, 15) is 4.39 Å². The molecule has 1 radical (unpaired) electrons. The first-order valence-electron chi connectivity index (χ1n) is 4.93. The molecule has 1 aromatic heterocycles. The van der Waals surface area contributed by atoms with Crippen molar-refractivity contribution in [3.8, 4) is 5.69 Å². The minimum absolute atomic E-state index is 0.191. The van der Waals surface area contributed by atoms with E-state index in [1.54, 1.807) is 19.2 Å². The van der Waals surface area contributed by atoms with Crippen LogP contribution in [0.2, 0.25) is 0 Å². The predicted molar refractivity (Wildman–Crippen MR) is 56.5 cm³/mol. The Kier molecular flexibility index (Phi) is 2.54. The van der Waals surface area contributed by atoms with E-state index in [2.05, 4.69) is 11.2 Å². The molecule has 0 amide bonds. The molecule has 0 spiro atoms. The number of imidazole rings is 1. The molecule has 0 aliphatic rings. The Morgan fingerprint density at radius 1 is 1.47 bits per heavy atom. The van der Waals surface area contributed by atoms with E-state index in [1.807, 2.05) is 17.6 Å². The van der Waals surface area contributed by atoms with Gasteiger partial charge in [0, 0.05) is 18.3 Å². The molecule has 15 heavy (non-hydrogen) atoms. The topological polar surface area (TPSA) is 17.8 Å². The first-order valence-corrected chi connectivity index (χ1v) is 4.93. The van der Waals surface area contributed by atoms with Crippen LogP contribution in [0.4, 0.5) is 4.39 Å². The lowest BCUT2D eigenvalue weighted by molar-refractivity contribution is 0.617. The summed E-state index contributed by atoms with van der Waals surface area (Å²) in [5, 5.41) is 0. The number of halogens is 1. The van der Waals surface area contributed by atoms with Gasteiger partial charge in [0.1, 0.15) is 17.8 Å². The average Bonchev–Trinajstić information content (AvgIpc) is 2.70. The fourth-order valence-electron chi connectivity index (χ4n) is 1.49. The molecule has 0 aliphatic heterocycles. The van der Waals surface area contributed by atoms with Crippen molar-refractivity contribution in [2.45, 2.75) is 20.3 Å². The quantitative estimate of drug-likeness (QED) is 0.733. The molecular formula is C12H12FN2. The van der Waals surface area contributed by atoms with Crippen molar-refractivity contribution in [1.82, 2.24) is 9.55 Å². The Morgan fingerprint density at radius 3 is 2.93 bits per heavy atom. The van der Waals surface area contributed by atoms with Crippen molar-refractivity contribution in [1.29, 1.82) is 0 Å². The molecule has 0 atom stereocenters. The Balaban J connectivity index is 2.50. The largest absolute Gasteiger partial charge is 0.303 e. The van der Waals surface area contributed by atoms with E-state index in [-0.39, 0.29) is 5.82 Å². The lowest BCUT2D eigenvalue weighted by Gasteiger charge is -2.07. The van der Waals surface area contributed by atoms with Crippen LogP contribution in [0.15, 0.2) is 24.4 Å². The maximum Gasteiger partial charge on any atom is 0.128 e. The third kappa shape index (κ3) is 1.77. The summed E-state index contributed by atoms with van der Waals surface area (Å²) >= 11 is 0. The van der Waals surface area contributed by atoms with E-state index >= 15 is 0 Å². The predicted octanol–water partition coefficient (Wildman–Crippen LogP) is 2.68. The van der Waals surface area contributed by atoms with Crippen molar-refractivity contribution >= 4 is 0 Å². The van der Waals surface area contributed by atoms with Crippen molar-refractivity contribution in [3.63, 3.8) is 0 Å². The van der Waals surface area contributed by atoms with Gasteiger partial charge < -0.3 is 4.57 Å². The van der Waals surface area contributed by atoms with Gasteiger partial charge in [-0.15, -0.1) is 0 Å². The Labute approximate surface area is 88.4 Å². The van der Waals surface area contributed by atoms with Gasteiger partial charge in [0.2, 0.25) is 0 Å². The number of aryl methyl sites for hydroxylation is 2. The second-order valence-electron chi connectivity index (χ2n) is 3.44. The normalized spacial score (nSPS) is 10.6. The summed E-state index contributed by atoms with van der Waals surface area (Å²) < 4.78 is 15.2. The minimum atomic E-state index is -0.191. The highest BCUT2D eigenvalue weighted by molar-refractivity contribution is 5.36. The molecule has 77 valence electrons. The fraction of sp³-hybridized carbons (Fsp3) is 0.250. The van der Waals surface area contributed by atoms with Crippen LogP contribution < -0.4 is 0 Å². The number of nitrogens with zero attached hydrogens (tertiary/aromatic N) is 2. The summed E-state index contributed by atoms with van der Waals surface area (Å²) in [4.78, 5) is 4.08. The van der Waals surface area contributed by atoms with Gasteiger partial charge >= 0.3 is 0 Å². The number of rotatable bonds is 2. The number of hydrogen-bond donors (Lipinski definition) is 0. The molecule has 1 aromatic carbocycles. The average molecular weight is 203 g/mol. The zero-order valence-electron chi connectivity index (χ0n) is 8.79. The standard InChI is InChI=1S/C12H12FN2/c1-3-12-14-6-7-15(12)10-5-4-9(2)11(13)8-10/h4-5,7-8H,3H2,1-2H3. The third-order valence-corrected chi connectivity index (χ3v) is 2.41. The molecule has 2 rings (SSSR count). The molecule has 2 aromatic rings. The Bertz CT molecular complexity index is 474. The zero-order valence-corrected chi connectivity index (χ0v) is 8.79. The third-order valence-electron chi connectivity index (χ3n) is 2.41. The molecule has 0 saturated carbocycles. The molecule has 2 nitrogen and oxygen atoms in total. The second-order valence-corrected chi connectivity index (χ2v) is 3.44. The summed E-state index contributed by atoms with van der Waals surface area (Å²) in [6.07, 6.45) is 5.30. The highest BCUT2D eigenvalue weighted by atomic mass is 19.1. The fourth-order valence-corrected chi connectivity index (χ4v) is 1.49. The van der Waals surface area contributed by atoms with Crippen LogP contribution in [0, 0.1) is 18.9 Å². The molecule has 0 fully saturated rings. The van der Waals surface area contributed by atoms with Crippen molar-refractivity contribution in [2.75, 3.05) is 0 Å². The Hall–Kier alpha value is -1.64. The van der Waals surface area contributed by atoms with Crippen molar-refractivity contribution in [3.05, 3.63) is 47.8 Å². The van der Waals surface area contributed by atoms with Crippen LogP contribution in [0.1, 0.15) is 18.3 Å². The summed E-state index contributed by atoms with van der Waals surface area (Å²) in [5.41, 5.74) is 1.45. The number of benzene rings is 1. The maximum absolute atomic E-state index is 13.4. The molecule has 1 heterocycles. The highest BCUT2D eigenvalue weighted by Crippen LogP contribution is 2.15. The second kappa shape index (κ2) is 3.85. The molecule has 0 saturated heterocycles. The highest BCUT2D eigenvalue weighted by Gasteiger charge is 2.05. The van der Waals surface area contributed by atoms with Crippen molar-refractivity contribution in [2.24, 2.45) is 0 Å². The lowest BCUT2D eigenvalue weighted by atomic mass is 10.2. The van der Waals surface area contributed by atoms with Crippen LogP contribution in [-0.2, 0) is 6.42 Å². The maximum atomic E-state index is 13.4. The minimum Gasteiger partial charge on any atom is -0.303 e. The summed E-state index contributed by atoms with van der Waals surface area (Å²) in [7, 11) is 0. The SMILES string of the molecule is CCc1n[c]cn1-c1ccc(C)c(F)c1. The number of hydrogen-bond acceptors (Lipinski definition) is 1. The van der Waals surface area contributed by atoms with Gasteiger partial charge in [-0.1, -0.05) is 13.0 Å². The zero-order chi connectivity index (χ0) is 10.8. The molecule has 0 unspecified atom stereocenters. The summed E-state index contributed by atoms with van der Waals surface area (Å²) in [5.74, 6) is 0.696. The van der Waals surface area contributed by atoms with Gasteiger partial charge in [-0.05, 0) is 24.6 Å². The lowest BCUT2D eigenvalue weighted by Crippen LogP contribution is -1.99. The van der Waals surface area contributed by atoms with Crippen LogP contribution in [0.25, 0.3) is 5.69 Å². The van der Waals surface area contributed by atoms with Crippen LogP contribution in [0.3, 0.4) is 0 Å². The first kappa shape index (κ1) is 9.90. The molecule has 0 aliphatic carbocycles. The first-order chi connectivity index (χ1) is 7.22. The van der Waals surface area contributed by atoms with E-state index in [1.165, 1.54) is 6.07 Å². The molecule has 0 bridgehead atoms. The van der Waals surface area contributed by atoms with Gasteiger partial charge in [0.05, 0.1) is 0 Å². The Morgan fingerprint density at radius 2 is 2.27 bits per heavy atom. The van der Waals surface area contributed by atoms with E-state index < -0.39 is 0 Å². The molecular weight excluding hydrogens is 191 g/mol. The van der Waals surface area contributed by atoms with Gasteiger partial charge in [0.15, 0.2) is 0 Å². The molecule has 0 N–H and O–H groups in total. The van der Waals surface area contributed by atoms with E-state index in [0.717, 1.165) is 17.9 Å². The smallest absolute Gasteiger partial charge is 0.128 e. The van der Waals surface area contributed by atoms with E-state index in [0.29, 0.717) is 5.56 Å².